The second kappa shape index (κ2) is 31.1. The van der Waals surface area contributed by atoms with Crippen molar-refractivity contribution in [2.45, 2.75) is 71.9 Å². The fraction of sp³-hybridized carbons (Fsp3) is 0.933. The number of ether oxygens (including phenoxy) is 8. The molecule has 0 rings (SSSR count). The summed E-state index contributed by atoms with van der Waals surface area (Å²) in [6.07, 6.45) is 3.52. The molecule has 12 heteroatoms. The molecule has 0 radical (unpaired) electrons. The second-order valence-electron chi connectivity index (χ2n) is 10.1. The van der Waals surface area contributed by atoms with Crippen LogP contribution in [0.15, 0.2) is 0 Å². The SMILES string of the molecule is CCCC[C@H](NC(=O)CCOCCOCCOCCOCCOCCOCCOCCOC)C(=O)N[C@H](CC)C(C)C. The van der Waals surface area contributed by atoms with Gasteiger partial charge in [0.1, 0.15) is 6.04 Å². The van der Waals surface area contributed by atoms with Crippen molar-refractivity contribution in [1.82, 2.24) is 10.6 Å². The Balaban J connectivity index is 3.58. The van der Waals surface area contributed by atoms with Gasteiger partial charge in [-0.2, -0.15) is 0 Å². The van der Waals surface area contributed by atoms with E-state index in [2.05, 4.69) is 38.3 Å². The highest BCUT2D eigenvalue weighted by molar-refractivity contribution is 5.87. The van der Waals surface area contributed by atoms with E-state index in [4.69, 9.17) is 37.9 Å². The average molecular weight is 609 g/mol. The Labute approximate surface area is 254 Å². The quantitative estimate of drug-likeness (QED) is 0.110. The van der Waals surface area contributed by atoms with E-state index in [9.17, 15) is 9.59 Å². The number of unbranched alkanes of at least 4 members (excludes halogenated alkanes) is 1. The molecule has 0 saturated carbocycles. The number of hydrogen-bond acceptors (Lipinski definition) is 10. The first-order valence-electron chi connectivity index (χ1n) is 15.6. The van der Waals surface area contributed by atoms with Gasteiger partial charge in [-0.05, 0) is 18.8 Å². The largest absolute Gasteiger partial charge is 0.382 e. The number of carbonyl (C=O) groups is 2. The third-order valence-corrected chi connectivity index (χ3v) is 6.21. The number of hydrogen-bond donors (Lipinski definition) is 2. The Morgan fingerprint density at radius 2 is 1.00 bits per heavy atom. The van der Waals surface area contributed by atoms with Gasteiger partial charge in [0.05, 0.1) is 99.1 Å². The van der Waals surface area contributed by atoms with Crippen LogP contribution >= 0.6 is 0 Å². The molecule has 0 aliphatic carbocycles. The molecule has 0 aromatic carbocycles. The van der Waals surface area contributed by atoms with Crippen LogP contribution in [-0.4, -0.2) is 130 Å². The van der Waals surface area contributed by atoms with Crippen molar-refractivity contribution in [3.8, 4) is 0 Å². The Hall–Kier alpha value is -1.38. The fourth-order valence-electron chi connectivity index (χ4n) is 3.70. The van der Waals surface area contributed by atoms with Crippen molar-refractivity contribution in [2.75, 3.05) is 106 Å². The molecular weight excluding hydrogens is 548 g/mol. The lowest BCUT2D eigenvalue weighted by molar-refractivity contribution is -0.130. The van der Waals surface area contributed by atoms with E-state index in [1.54, 1.807) is 7.11 Å². The Morgan fingerprint density at radius 3 is 1.36 bits per heavy atom. The van der Waals surface area contributed by atoms with Crippen LogP contribution in [0.2, 0.25) is 0 Å². The molecule has 0 saturated heterocycles. The zero-order valence-electron chi connectivity index (χ0n) is 27.0. The average Bonchev–Trinajstić information content (AvgIpc) is 2.98. The van der Waals surface area contributed by atoms with E-state index in [0.29, 0.717) is 105 Å². The van der Waals surface area contributed by atoms with Gasteiger partial charge in [0.2, 0.25) is 11.8 Å². The van der Waals surface area contributed by atoms with Gasteiger partial charge in [0, 0.05) is 19.6 Å². The van der Waals surface area contributed by atoms with Crippen LogP contribution in [-0.2, 0) is 47.5 Å². The topological polar surface area (TPSA) is 132 Å². The third-order valence-electron chi connectivity index (χ3n) is 6.21. The highest BCUT2D eigenvalue weighted by Gasteiger charge is 2.23. The van der Waals surface area contributed by atoms with Crippen LogP contribution in [0.5, 0.6) is 0 Å². The van der Waals surface area contributed by atoms with Gasteiger partial charge >= 0.3 is 0 Å². The van der Waals surface area contributed by atoms with Crippen molar-refractivity contribution >= 4 is 11.8 Å². The zero-order chi connectivity index (χ0) is 31.1. The van der Waals surface area contributed by atoms with Gasteiger partial charge in [-0.25, -0.2) is 0 Å². The maximum Gasteiger partial charge on any atom is 0.242 e. The molecule has 0 aromatic rings. The molecule has 42 heavy (non-hydrogen) atoms. The summed E-state index contributed by atoms with van der Waals surface area (Å²) in [6, 6.07) is -0.411. The minimum Gasteiger partial charge on any atom is -0.382 e. The molecule has 250 valence electrons. The lowest BCUT2D eigenvalue weighted by atomic mass is 10.0. The highest BCUT2D eigenvalue weighted by Crippen LogP contribution is 2.08. The molecule has 2 atom stereocenters. The van der Waals surface area contributed by atoms with Gasteiger partial charge in [-0.1, -0.05) is 40.5 Å². The molecular formula is C30H60N2O10. The smallest absolute Gasteiger partial charge is 0.242 e. The maximum atomic E-state index is 12.7. The summed E-state index contributed by atoms with van der Waals surface area (Å²) in [5, 5.41) is 5.96. The predicted octanol–water partition coefficient (Wildman–Crippen LogP) is 2.36. The van der Waals surface area contributed by atoms with Crippen LogP contribution in [0, 0.1) is 5.92 Å². The summed E-state index contributed by atoms with van der Waals surface area (Å²) in [4.78, 5) is 25.1. The summed E-state index contributed by atoms with van der Waals surface area (Å²) in [5.74, 6) is 0.0494. The molecule has 0 aliphatic rings. The molecule has 0 aromatic heterocycles. The monoisotopic (exact) mass is 608 g/mol. The minimum absolute atomic E-state index is 0.102. The standard InChI is InChI=1S/C30H60N2O10/c1-6-8-9-28(30(34)32-27(7-2)26(3)4)31-29(33)10-11-36-14-15-38-18-19-40-22-23-42-25-24-41-21-20-39-17-16-37-13-12-35-5/h26-28H,6-25H2,1-5H3,(H,31,33)(H,32,34)/t27-,28+/m1/s1. The zero-order valence-corrected chi connectivity index (χ0v) is 27.0. The molecule has 0 spiro atoms. The maximum absolute atomic E-state index is 12.7. The number of methoxy groups -OCH3 is 1. The number of nitrogens with one attached hydrogen (secondary N) is 2. The number of carbonyl (C=O) groups excluding carboxylic acids is 2. The van der Waals surface area contributed by atoms with E-state index in [-0.39, 0.29) is 30.9 Å². The van der Waals surface area contributed by atoms with Crippen LogP contribution in [0.25, 0.3) is 0 Å². The van der Waals surface area contributed by atoms with Crippen LogP contribution in [0.4, 0.5) is 0 Å². The van der Waals surface area contributed by atoms with Crippen LogP contribution < -0.4 is 10.6 Å². The van der Waals surface area contributed by atoms with Crippen molar-refractivity contribution < 1.29 is 47.5 Å². The van der Waals surface area contributed by atoms with Gasteiger partial charge < -0.3 is 48.5 Å². The van der Waals surface area contributed by atoms with Gasteiger partial charge in [-0.15, -0.1) is 0 Å². The number of rotatable bonds is 32. The summed E-state index contributed by atoms with van der Waals surface area (Å²) in [5.41, 5.74) is 0. The summed E-state index contributed by atoms with van der Waals surface area (Å²) < 4.78 is 42.9. The molecule has 0 unspecified atom stereocenters. The molecule has 0 aliphatic heterocycles. The lowest BCUT2D eigenvalue weighted by Crippen LogP contribution is -2.50. The summed E-state index contributed by atoms with van der Waals surface area (Å²) in [7, 11) is 1.64. The predicted molar refractivity (Wildman–Crippen MR) is 161 cm³/mol. The van der Waals surface area contributed by atoms with E-state index in [0.717, 1.165) is 19.3 Å². The van der Waals surface area contributed by atoms with E-state index >= 15 is 0 Å². The normalized spacial score (nSPS) is 12.9. The molecule has 2 amide bonds. The fourth-order valence-corrected chi connectivity index (χ4v) is 3.70. The molecule has 12 nitrogen and oxygen atoms in total. The van der Waals surface area contributed by atoms with E-state index in [1.165, 1.54) is 0 Å². The summed E-state index contributed by atoms with van der Waals surface area (Å²) in [6.45, 7) is 15.5. The Morgan fingerprint density at radius 1 is 0.595 bits per heavy atom. The molecule has 2 N–H and O–H groups in total. The van der Waals surface area contributed by atoms with Crippen LogP contribution in [0.3, 0.4) is 0 Å². The lowest BCUT2D eigenvalue weighted by Gasteiger charge is -2.25. The van der Waals surface area contributed by atoms with Crippen molar-refractivity contribution in [3.63, 3.8) is 0 Å². The highest BCUT2D eigenvalue weighted by atomic mass is 16.6. The van der Waals surface area contributed by atoms with Crippen molar-refractivity contribution in [3.05, 3.63) is 0 Å². The first-order valence-corrected chi connectivity index (χ1v) is 15.6. The van der Waals surface area contributed by atoms with Gasteiger partial charge in [0.25, 0.3) is 0 Å². The van der Waals surface area contributed by atoms with E-state index < -0.39 is 6.04 Å². The van der Waals surface area contributed by atoms with Gasteiger partial charge in [0.15, 0.2) is 0 Å². The molecule has 0 bridgehead atoms. The van der Waals surface area contributed by atoms with Crippen LogP contribution in [0.1, 0.15) is 59.8 Å². The second-order valence-corrected chi connectivity index (χ2v) is 10.1. The van der Waals surface area contributed by atoms with E-state index in [1.807, 2.05) is 0 Å². The Kier molecular flexibility index (Phi) is 30.0. The first kappa shape index (κ1) is 40.6. The van der Waals surface area contributed by atoms with Gasteiger partial charge in [-0.3, -0.25) is 9.59 Å². The molecule has 0 heterocycles. The molecule has 0 fully saturated rings. The van der Waals surface area contributed by atoms with Crippen molar-refractivity contribution in [2.24, 2.45) is 5.92 Å². The number of amides is 2. The third kappa shape index (κ3) is 26.3. The summed E-state index contributed by atoms with van der Waals surface area (Å²) >= 11 is 0. The van der Waals surface area contributed by atoms with Crippen molar-refractivity contribution in [1.29, 1.82) is 0 Å². The first-order chi connectivity index (χ1) is 20.5. The Bertz CT molecular complexity index is 613. The minimum atomic E-state index is -0.514.